The van der Waals surface area contributed by atoms with Gasteiger partial charge in [0.05, 0.1) is 33.0 Å². The summed E-state index contributed by atoms with van der Waals surface area (Å²) in [6.45, 7) is 0. The Balaban J connectivity index is 2.02. The van der Waals surface area contributed by atoms with Crippen LogP contribution in [-0.4, -0.2) is 31.3 Å². The predicted octanol–water partition coefficient (Wildman–Crippen LogP) is 3.45. The lowest BCUT2D eigenvalue weighted by Gasteiger charge is -2.12. The zero-order chi connectivity index (χ0) is 16.2. The highest BCUT2D eigenvalue weighted by Crippen LogP contribution is 2.36. The van der Waals surface area contributed by atoms with Crippen LogP contribution < -0.4 is 18.9 Å². The SMILES string of the molecule is COc1ccc(Oc2ccnc3cc(OC)c(OC)cc23)cn1. The van der Waals surface area contributed by atoms with Crippen molar-refractivity contribution in [2.45, 2.75) is 0 Å². The third-order valence-corrected chi connectivity index (χ3v) is 3.35. The van der Waals surface area contributed by atoms with Crippen LogP contribution in [0.15, 0.2) is 42.7 Å². The lowest BCUT2D eigenvalue weighted by Crippen LogP contribution is -1.94. The van der Waals surface area contributed by atoms with E-state index < -0.39 is 0 Å². The minimum absolute atomic E-state index is 0.531. The second kappa shape index (κ2) is 6.39. The highest BCUT2D eigenvalue weighted by Gasteiger charge is 2.11. The number of benzene rings is 1. The van der Waals surface area contributed by atoms with Gasteiger partial charge in [-0.15, -0.1) is 0 Å². The first-order valence-electron chi connectivity index (χ1n) is 6.94. The van der Waals surface area contributed by atoms with Gasteiger partial charge in [0, 0.05) is 23.7 Å². The number of methoxy groups -OCH3 is 3. The van der Waals surface area contributed by atoms with Gasteiger partial charge in [-0.3, -0.25) is 4.98 Å². The van der Waals surface area contributed by atoms with Crippen molar-refractivity contribution in [3.05, 3.63) is 42.7 Å². The normalized spacial score (nSPS) is 10.4. The van der Waals surface area contributed by atoms with Gasteiger partial charge in [-0.05, 0) is 18.2 Å². The van der Waals surface area contributed by atoms with Crippen LogP contribution in [0.5, 0.6) is 28.9 Å². The Bertz CT molecular complexity index is 819. The topological polar surface area (TPSA) is 62.7 Å². The average Bonchev–Trinajstić information content (AvgIpc) is 2.61. The molecule has 23 heavy (non-hydrogen) atoms. The maximum atomic E-state index is 5.91. The van der Waals surface area contributed by atoms with E-state index >= 15 is 0 Å². The lowest BCUT2D eigenvalue weighted by molar-refractivity contribution is 0.355. The van der Waals surface area contributed by atoms with Crippen molar-refractivity contribution in [3.8, 4) is 28.9 Å². The molecule has 3 rings (SSSR count). The average molecular weight is 312 g/mol. The number of pyridine rings is 2. The van der Waals surface area contributed by atoms with Crippen LogP contribution in [0, 0.1) is 0 Å². The zero-order valence-corrected chi connectivity index (χ0v) is 13.1. The van der Waals surface area contributed by atoms with E-state index in [-0.39, 0.29) is 0 Å². The van der Waals surface area contributed by atoms with Gasteiger partial charge in [0.2, 0.25) is 5.88 Å². The van der Waals surface area contributed by atoms with Crippen molar-refractivity contribution in [2.75, 3.05) is 21.3 Å². The number of hydrogen-bond acceptors (Lipinski definition) is 6. The van der Waals surface area contributed by atoms with Crippen molar-refractivity contribution >= 4 is 10.9 Å². The van der Waals surface area contributed by atoms with E-state index in [1.54, 1.807) is 51.9 Å². The fraction of sp³-hybridized carbons (Fsp3) is 0.176. The standard InChI is InChI=1S/C17H16N2O4/c1-20-15-8-12-13(9-16(15)21-2)18-7-6-14(12)23-11-4-5-17(22-3)19-10-11/h4-10H,1-3H3. The number of ether oxygens (including phenoxy) is 4. The Morgan fingerprint density at radius 1 is 0.783 bits per heavy atom. The van der Waals surface area contributed by atoms with Crippen LogP contribution in [-0.2, 0) is 0 Å². The van der Waals surface area contributed by atoms with Gasteiger partial charge in [-0.1, -0.05) is 0 Å². The van der Waals surface area contributed by atoms with Gasteiger partial charge in [0.1, 0.15) is 11.5 Å². The third kappa shape index (κ3) is 2.96. The summed E-state index contributed by atoms with van der Waals surface area (Å²) in [5.74, 6) is 3.03. The fourth-order valence-electron chi connectivity index (χ4n) is 2.21. The highest BCUT2D eigenvalue weighted by atomic mass is 16.5. The van der Waals surface area contributed by atoms with Crippen LogP contribution in [0.25, 0.3) is 10.9 Å². The molecular formula is C17H16N2O4. The van der Waals surface area contributed by atoms with E-state index in [0.29, 0.717) is 28.9 Å². The lowest BCUT2D eigenvalue weighted by atomic mass is 10.2. The fourth-order valence-corrected chi connectivity index (χ4v) is 2.21. The van der Waals surface area contributed by atoms with E-state index in [1.807, 2.05) is 12.1 Å². The predicted molar refractivity (Wildman–Crippen MR) is 85.7 cm³/mol. The molecule has 0 aliphatic rings. The second-order valence-corrected chi connectivity index (χ2v) is 4.67. The summed E-state index contributed by atoms with van der Waals surface area (Å²) in [6, 6.07) is 8.97. The van der Waals surface area contributed by atoms with Crippen molar-refractivity contribution in [3.63, 3.8) is 0 Å². The molecule has 0 saturated heterocycles. The van der Waals surface area contributed by atoms with Gasteiger partial charge in [0.25, 0.3) is 0 Å². The Kier molecular flexibility index (Phi) is 4.14. The number of fused-ring (bicyclic) bond motifs is 1. The summed E-state index contributed by atoms with van der Waals surface area (Å²) in [5, 5.41) is 0.820. The first-order valence-corrected chi connectivity index (χ1v) is 6.94. The molecule has 0 N–H and O–H groups in total. The van der Waals surface area contributed by atoms with Gasteiger partial charge >= 0.3 is 0 Å². The molecule has 118 valence electrons. The molecule has 0 aliphatic heterocycles. The number of nitrogens with zero attached hydrogens (tertiary/aromatic N) is 2. The molecule has 0 unspecified atom stereocenters. The van der Waals surface area contributed by atoms with E-state index in [9.17, 15) is 0 Å². The molecule has 0 bridgehead atoms. The Labute approximate surface area is 133 Å². The van der Waals surface area contributed by atoms with Gasteiger partial charge in [-0.2, -0.15) is 0 Å². The van der Waals surface area contributed by atoms with Gasteiger partial charge in [-0.25, -0.2) is 4.98 Å². The molecule has 0 saturated carbocycles. The maximum Gasteiger partial charge on any atom is 0.213 e. The minimum atomic E-state index is 0.531. The van der Waals surface area contributed by atoms with Gasteiger partial charge in [0.15, 0.2) is 11.5 Å². The molecule has 1 aromatic carbocycles. The Hall–Kier alpha value is -3.02. The quantitative estimate of drug-likeness (QED) is 0.719. The molecular weight excluding hydrogens is 296 g/mol. The van der Waals surface area contributed by atoms with Crippen molar-refractivity contribution in [1.82, 2.24) is 9.97 Å². The molecule has 2 heterocycles. The highest BCUT2D eigenvalue weighted by molar-refractivity contribution is 5.88. The molecule has 0 amide bonds. The summed E-state index contributed by atoms with van der Waals surface area (Å²) < 4.78 is 21.6. The van der Waals surface area contributed by atoms with Crippen LogP contribution in [0.1, 0.15) is 0 Å². The van der Waals surface area contributed by atoms with Crippen molar-refractivity contribution in [2.24, 2.45) is 0 Å². The Morgan fingerprint density at radius 2 is 1.57 bits per heavy atom. The second-order valence-electron chi connectivity index (χ2n) is 4.67. The summed E-state index contributed by atoms with van der Waals surface area (Å²) in [5.41, 5.74) is 0.752. The van der Waals surface area contributed by atoms with Crippen LogP contribution >= 0.6 is 0 Å². The summed E-state index contributed by atoms with van der Waals surface area (Å²) >= 11 is 0. The molecule has 0 radical (unpaired) electrons. The van der Waals surface area contributed by atoms with Crippen LogP contribution in [0.2, 0.25) is 0 Å². The largest absolute Gasteiger partial charge is 0.493 e. The van der Waals surface area contributed by atoms with Crippen LogP contribution in [0.4, 0.5) is 0 Å². The summed E-state index contributed by atoms with van der Waals surface area (Å²) in [7, 11) is 4.75. The first kappa shape index (κ1) is 14.9. The molecule has 6 heteroatoms. The summed E-state index contributed by atoms with van der Waals surface area (Å²) in [4.78, 5) is 8.47. The molecule has 0 atom stereocenters. The summed E-state index contributed by atoms with van der Waals surface area (Å²) in [6.07, 6.45) is 3.28. The molecule has 0 aliphatic carbocycles. The number of hydrogen-bond donors (Lipinski definition) is 0. The number of rotatable bonds is 5. The van der Waals surface area contributed by atoms with E-state index in [1.165, 1.54) is 0 Å². The third-order valence-electron chi connectivity index (χ3n) is 3.35. The maximum absolute atomic E-state index is 5.91. The molecule has 0 fully saturated rings. The molecule has 6 nitrogen and oxygen atoms in total. The smallest absolute Gasteiger partial charge is 0.213 e. The van der Waals surface area contributed by atoms with E-state index in [0.717, 1.165) is 10.9 Å². The zero-order valence-electron chi connectivity index (χ0n) is 13.1. The van der Waals surface area contributed by atoms with Crippen molar-refractivity contribution in [1.29, 1.82) is 0 Å². The van der Waals surface area contributed by atoms with Crippen molar-refractivity contribution < 1.29 is 18.9 Å². The molecule has 0 spiro atoms. The molecule has 2 aromatic heterocycles. The number of aromatic nitrogens is 2. The Morgan fingerprint density at radius 3 is 2.22 bits per heavy atom. The van der Waals surface area contributed by atoms with E-state index in [2.05, 4.69) is 9.97 Å². The van der Waals surface area contributed by atoms with Gasteiger partial charge < -0.3 is 18.9 Å². The minimum Gasteiger partial charge on any atom is -0.493 e. The molecule has 3 aromatic rings. The van der Waals surface area contributed by atoms with Crippen LogP contribution in [0.3, 0.4) is 0 Å². The monoisotopic (exact) mass is 312 g/mol. The first-order chi connectivity index (χ1) is 11.2. The van der Waals surface area contributed by atoms with E-state index in [4.69, 9.17) is 18.9 Å².